The molecule has 0 aliphatic carbocycles. The van der Waals surface area contributed by atoms with E-state index in [0.717, 1.165) is 19.4 Å². The molecule has 0 bridgehead atoms. The molecule has 0 radical (unpaired) electrons. The Bertz CT molecular complexity index is 289. The van der Waals surface area contributed by atoms with Gasteiger partial charge in [0.05, 0.1) is 7.05 Å². The second-order valence-electron chi connectivity index (χ2n) is 3.66. The van der Waals surface area contributed by atoms with Crippen molar-refractivity contribution in [3.05, 3.63) is 5.82 Å². The van der Waals surface area contributed by atoms with E-state index in [2.05, 4.69) is 27.8 Å². The van der Waals surface area contributed by atoms with Crippen LogP contribution in [0.15, 0.2) is 0 Å². The van der Waals surface area contributed by atoms with Gasteiger partial charge in [-0.05, 0) is 18.1 Å². The summed E-state index contributed by atoms with van der Waals surface area (Å²) in [5, 5.41) is 11.8. The molecule has 1 rings (SSSR count). The van der Waals surface area contributed by atoms with Crippen LogP contribution >= 0.6 is 0 Å². The fourth-order valence-electron chi connectivity index (χ4n) is 1.34. The van der Waals surface area contributed by atoms with Gasteiger partial charge in [-0.25, -0.2) is 0 Å². The summed E-state index contributed by atoms with van der Waals surface area (Å²) in [7, 11) is 1.74. The maximum absolute atomic E-state index is 5.45. The SMILES string of the molecule is CCCOCCC(Cc1nnn(C)n1)NN. The summed E-state index contributed by atoms with van der Waals surface area (Å²) < 4.78 is 5.40. The van der Waals surface area contributed by atoms with Gasteiger partial charge in [0.1, 0.15) is 0 Å². The molecule has 16 heavy (non-hydrogen) atoms. The lowest BCUT2D eigenvalue weighted by molar-refractivity contribution is 0.124. The monoisotopic (exact) mass is 228 g/mol. The summed E-state index contributed by atoms with van der Waals surface area (Å²) in [6.07, 6.45) is 2.54. The van der Waals surface area contributed by atoms with Gasteiger partial charge in [-0.3, -0.25) is 11.3 Å². The molecule has 0 aromatic carbocycles. The van der Waals surface area contributed by atoms with Crippen molar-refractivity contribution < 1.29 is 4.74 Å². The van der Waals surface area contributed by atoms with Crippen LogP contribution in [0, 0.1) is 0 Å². The predicted molar refractivity (Wildman–Crippen MR) is 59.3 cm³/mol. The molecule has 0 saturated carbocycles. The Labute approximate surface area is 95.3 Å². The maximum Gasteiger partial charge on any atom is 0.176 e. The molecule has 92 valence electrons. The summed E-state index contributed by atoms with van der Waals surface area (Å²) >= 11 is 0. The first-order chi connectivity index (χ1) is 7.76. The number of nitrogens with two attached hydrogens (primary N) is 1. The van der Waals surface area contributed by atoms with E-state index >= 15 is 0 Å². The third kappa shape index (κ3) is 4.65. The van der Waals surface area contributed by atoms with Crippen LogP contribution in [0.1, 0.15) is 25.6 Å². The van der Waals surface area contributed by atoms with Crippen LogP contribution in [0.5, 0.6) is 0 Å². The first-order valence-electron chi connectivity index (χ1n) is 5.53. The topological polar surface area (TPSA) is 90.9 Å². The van der Waals surface area contributed by atoms with E-state index in [1.807, 2.05) is 0 Å². The second kappa shape index (κ2) is 7.26. The summed E-state index contributed by atoms with van der Waals surface area (Å²) in [5.74, 6) is 6.15. The molecule has 3 N–H and O–H groups in total. The lowest BCUT2D eigenvalue weighted by Gasteiger charge is -2.13. The number of rotatable bonds is 8. The van der Waals surface area contributed by atoms with E-state index in [1.54, 1.807) is 7.05 Å². The van der Waals surface area contributed by atoms with Gasteiger partial charge in [0, 0.05) is 25.7 Å². The number of tetrazole rings is 1. The van der Waals surface area contributed by atoms with Crippen LogP contribution in [0.25, 0.3) is 0 Å². The van der Waals surface area contributed by atoms with Crippen molar-refractivity contribution >= 4 is 0 Å². The third-order valence-corrected chi connectivity index (χ3v) is 2.17. The average molecular weight is 228 g/mol. The number of aryl methyl sites for hydroxylation is 1. The molecule has 0 saturated heterocycles. The molecule has 0 spiro atoms. The Balaban J connectivity index is 2.26. The minimum absolute atomic E-state index is 0.126. The number of hydrogen-bond donors (Lipinski definition) is 2. The molecule has 1 unspecified atom stereocenters. The zero-order valence-corrected chi connectivity index (χ0v) is 9.89. The molecule has 0 amide bonds. The van der Waals surface area contributed by atoms with Gasteiger partial charge in [0.15, 0.2) is 5.82 Å². The normalized spacial score (nSPS) is 12.9. The first kappa shape index (κ1) is 13.0. The van der Waals surface area contributed by atoms with Crippen molar-refractivity contribution in [3.8, 4) is 0 Å². The zero-order valence-electron chi connectivity index (χ0n) is 9.89. The van der Waals surface area contributed by atoms with E-state index in [-0.39, 0.29) is 6.04 Å². The molecule has 1 aromatic heterocycles. The highest BCUT2D eigenvalue weighted by Crippen LogP contribution is 1.99. The van der Waals surface area contributed by atoms with Gasteiger partial charge < -0.3 is 4.74 Å². The maximum atomic E-state index is 5.45. The van der Waals surface area contributed by atoms with Gasteiger partial charge in [0.2, 0.25) is 0 Å². The fourth-order valence-corrected chi connectivity index (χ4v) is 1.34. The molecule has 0 aliphatic rings. The second-order valence-corrected chi connectivity index (χ2v) is 3.66. The lowest BCUT2D eigenvalue weighted by atomic mass is 10.1. The molecular weight excluding hydrogens is 208 g/mol. The molecule has 0 aliphatic heterocycles. The van der Waals surface area contributed by atoms with Crippen LogP contribution in [0.2, 0.25) is 0 Å². The van der Waals surface area contributed by atoms with Crippen LogP contribution < -0.4 is 11.3 Å². The Morgan fingerprint density at radius 2 is 2.31 bits per heavy atom. The molecule has 1 heterocycles. The number of nitrogens with zero attached hydrogens (tertiary/aromatic N) is 4. The summed E-state index contributed by atoms with van der Waals surface area (Å²) in [4.78, 5) is 1.44. The van der Waals surface area contributed by atoms with Gasteiger partial charge in [-0.1, -0.05) is 6.92 Å². The van der Waals surface area contributed by atoms with E-state index < -0.39 is 0 Å². The number of aromatic nitrogens is 4. The van der Waals surface area contributed by atoms with Gasteiger partial charge in [0.25, 0.3) is 0 Å². The molecule has 1 atom stereocenters. The van der Waals surface area contributed by atoms with Crippen LogP contribution in [0.4, 0.5) is 0 Å². The summed E-state index contributed by atoms with van der Waals surface area (Å²) in [6, 6.07) is 0.126. The van der Waals surface area contributed by atoms with E-state index in [1.165, 1.54) is 4.80 Å². The van der Waals surface area contributed by atoms with Crippen molar-refractivity contribution in [1.29, 1.82) is 0 Å². The highest BCUT2D eigenvalue weighted by Gasteiger charge is 2.11. The smallest absolute Gasteiger partial charge is 0.176 e. The van der Waals surface area contributed by atoms with Gasteiger partial charge in [-0.2, -0.15) is 4.80 Å². The Morgan fingerprint density at radius 1 is 1.50 bits per heavy atom. The zero-order chi connectivity index (χ0) is 11.8. The van der Waals surface area contributed by atoms with Crippen LogP contribution in [0.3, 0.4) is 0 Å². The largest absolute Gasteiger partial charge is 0.381 e. The Morgan fingerprint density at radius 3 is 2.88 bits per heavy atom. The van der Waals surface area contributed by atoms with E-state index in [4.69, 9.17) is 10.6 Å². The third-order valence-electron chi connectivity index (χ3n) is 2.17. The fraction of sp³-hybridized carbons (Fsp3) is 0.889. The Hall–Kier alpha value is -1.05. The van der Waals surface area contributed by atoms with Crippen LogP contribution in [-0.4, -0.2) is 39.5 Å². The Kier molecular flexibility index (Phi) is 5.91. The minimum atomic E-state index is 0.126. The lowest BCUT2D eigenvalue weighted by Crippen LogP contribution is -2.38. The molecule has 0 fully saturated rings. The molecule has 1 aromatic rings. The van der Waals surface area contributed by atoms with Gasteiger partial charge in [-0.15, -0.1) is 10.2 Å². The van der Waals surface area contributed by atoms with Crippen molar-refractivity contribution in [2.24, 2.45) is 12.9 Å². The molecule has 7 heteroatoms. The number of hydrazine groups is 1. The molecular formula is C9H20N6O. The summed E-state index contributed by atoms with van der Waals surface area (Å²) in [6.45, 7) is 3.58. The number of hydrogen-bond acceptors (Lipinski definition) is 6. The average Bonchev–Trinajstić information content (AvgIpc) is 2.68. The van der Waals surface area contributed by atoms with E-state index in [9.17, 15) is 0 Å². The quantitative estimate of drug-likeness (QED) is 0.351. The summed E-state index contributed by atoms with van der Waals surface area (Å²) in [5.41, 5.74) is 2.74. The standard InChI is InChI=1S/C9H20N6O/c1-3-5-16-6-4-8(11-10)7-9-12-14-15(2)13-9/h8,11H,3-7,10H2,1-2H3. The van der Waals surface area contributed by atoms with Gasteiger partial charge >= 0.3 is 0 Å². The number of ether oxygens (including phenoxy) is 1. The highest BCUT2D eigenvalue weighted by atomic mass is 16.5. The van der Waals surface area contributed by atoms with Crippen LogP contribution in [-0.2, 0) is 18.2 Å². The van der Waals surface area contributed by atoms with E-state index in [0.29, 0.717) is 18.9 Å². The minimum Gasteiger partial charge on any atom is -0.381 e. The molecule has 7 nitrogen and oxygen atoms in total. The van der Waals surface area contributed by atoms with Crippen molar-refractivity contribution in [2.45, 2.75) is 32.2 Å². The number of nitrogens with one attached hydrogen (secondary N) is 1. The predicted octanol–water partition coefficient (Wildman–Crippen LogP) is -0.599. The van der Waals surface area contributed by atoms with Crippen molar-refractivity contribution in [3.63, 3.8) is 0 Å². The van der Waals surface area contributed by atoms with Crippen molar-refractivity contribution in [1.82, 2.24) is 25.6 Å². The first-order valence-corrected chi connectivity index (χ1v) is 5.53. The van der Waals surface area contributed by atoms with Crippen molar-refractivity contribution in [2.75, 3.05) is 13.2 Å². The highest BCUT2D eigenvalue weighted by molar-refractivity contribution is 4.83.